The van der Waals surface area contributed by atoms with Gasteiger partial charge in [-0.3, -0.25) is 0 Å². The Bertz CT molecular complexity index is 450. The molecule has 0 spiro atoms. The summed E-state index contributed by atoms with van der Waals surface area (Å²) in [5.74, 6) is 0. The Kier molecular flexibility index (Phi) is 5.31. The van der Waals surface area contributed by atoms with Crippen LogP contribution in [-0.4, -0.2) is 6.61 Å². The lowest BCUT2D eigenvalue weighted by molar-refractivity contribution is 0.121. The minimum absolute atomic E-state index is 0.712. The molecule has 0 bridgehead atoms. The third-order valence-electron chi connectivity index (χ3n) is 2.52. The minimum atomic E-state index is 0.712. The van der Waals surface area contributed by atoms with Crippen molar-refractivity contribution in [3.63, 3.8) is 0 Å². The molecule has 0 saturated heterocycles. The largest absolute Gasteiger partial charge is 0.377 e. The number of rotatable bonds is 6. The molecule has 0 fully saturated rings. The summed E-state index contributed by atoms with van der Waals surface area (Å²) in [5.41, 5.74) is 1.24. The SMILES string of the molecule is CCCOCc1ccc(Sc2ccccc2)cc1. The summed E-state index contributed by atoms with van der Waals surface area (Å²) in [5, 5.41) is 0. The molecule has 0 heterocycles. The van der Waals surface area contributed by atoms with Crippen molar-refractivity contribution in [2.45, 2.75) is 29.7 Å². The van der Waals surface area contributed by atoms with Crippen molar-refractivity contribution in [2.75, 3.05) is 6.61 Å². The van der Waals surface area contributed by atoms with Gasteiger partial charge < -0.3 is 4.74 Å². The lowest BCUT2D eigenvalue weighted by Crippen LogP contribution is -1.93. The molecule has 2 heteroatoms. The van der Waals surface area contributed by atoms with Gasteiger partial charge in [-0.25, -0.2) is 0 Å². The summed E-state index contributed by atoms with van der Waals surface area (Å²) in [6, 6.07) is 19.0. The topological polar surface area (TPSA) is 9.23 Å². The van der Waals surface area contributed by atoms with Gasteiger partial charge in [0.25, 0.3) is 0 Å². The molecule has 0 amide bonds. The lowest BCUT2D eigenvalue weighted by Gasteiger charge is -2.05. The van der Waals surface area contributed by atoms with E-state index in [0.29, 0.717) is 6.61 Å². The second-order valence-corrected chi connectivity index (χ2v) is 5.26. The van der Waals surface area contributed by atoms with E-state index in [1.165, 1.54) is 15.4 Å². The van der Waals surface area contributed by atoms with Crippen LogP contribution >= 0.6 is 11.8 Å². The molecule has 2 aromatic carbocycles. The Labute approximate surface area is 113 Å². The summed E-state index contributed by atoms with van der Waals surface area (Å²) in [6.07, 6.45) is 1.07. The van der Waals surface area contributed by atoms with Crippen molar-refractivity contribution in [1.29, 1.82) is 0 Å². The predicted octanol–water partition coefficient (Wildman–Crippen LogP) is 4.76. The average molecular weight is 258 g/mol. The highest BCUT2D eigenvalue weighted by Gasteiger charge is 1.97. The van der Waals surface area contributed by atoms with Crippen LogP contribution < -0.4 is 0 Å². The molecule has 0 aliphatic rings. The van der Waals surface area contributed by atoms with Crippen LogP contribution in [-0.2, 0) is 11.3 Å². The van der Waals surface area contributed by atoms with Gasteiger partial charge >= 0.3 is 0 Å². The fourth-order valence-corrected chi connectivity index (χ4v) is 2.45. The van der Waals surface area contributed by atoms with Crippen molar-refractivity contribution in [3.05, 3.63) is 60.2 Å². The van der Waals surface area contributed by atoms with Crippen LogP contribution in [0.1, 0.15) is 18.9 Å². The molecule has 0 atom stereocenters. The van der Waals surface area contributed by atoms with Gasteiger partial charge in [0.1, 0.15) is 0 Å². The Morgan fingerprint density at radius 2 is 1.56 bits per heavy atom. The van der Waals surface area contributed by atoms with Crippen molar-refractivity contribution >= 4 is 11.8 Å². The van der Waals surface area contributed by atoms with E-state index >= 15 is 0 Å². The Morgan fingerprint density at radius 1 is 0.889 bits per heavy atom. The van der Waals surface area contributed by atoms with Crippen molar-refractivity contribution in [2.24, 2.45) is 0 Å². The van der Waals surface area contributed by atoms with Crippen LogP contribution in [0.4, 0.5) is 0 Å². The minimum Gasteiger partial charge on any atom is -0.377 e. The second kappa shape index (κ2) is 7.24. The zero-order valence-electron chi connectivity index (χ0n) is 10.6. The summed E-state index contributed by atoms with van der Waals surface area (Å²) in [6.45, 7) is 3.67. The van der Waals surface area contributed by atoms with E-state index in [1.54, 1.807) is 11.8 Å². The van der Waals surface area contributed by atoms with E-state index < -0.39 is 0 Å². The predicted molar refractivity (Wildman–Crippen MR) is 77.0 cm³/mol. The third kappa shape index (κ3) is 4.21. The number of hydrogen-bond acceptors (Lipinski definition) is 2. The zero-order valence-corrected chi connectivity index (χ0v) is 11.5. The zero-order chi connectivity index (χ0) is 12.6. The van der Waals surface area contributed by atoms with Crippen LogP contribution in [0.5, 0.6) is 0 Å². The number of hydrogen-bond donors (Lipinski definition) is 0. The van der Waals surface area contributed by atoms with Gasteiger partial charge in [0, 0.05) is 16.4 Å². The molecule has 0 radical (unpaired) electrons. The molecular weight excluding hydrogens is 240 g/mol. The smallest absolute Gasteiger partial charge is 0.0716 e. The van der Waals surface area contributed by atoms with E-state index in [2.05, 4.69) is 55.5 Å². The van der Waals surface area contributed by atoms with E-state index in [-0.39, 0.29) is 0 Å². The molecule has 0 unspecified atom stereocenters. The average Bonchev–Trinajstić information content (AvgIpc) is 2.42. The van der Waals surface area contributed by atoms with E-state index in [9.17, 15) is 0 Å². The van der Waals surface area contributed by atoms with Gasteiger partial charge in [0.05, 0.1) is 6.61 Å². The van der Waals surface area contributed by atoms with Crippen LogP contribution in [0.2, 0.25) is 0 Å². The molecule has 0 aliphatic carbocycles. The molecular formula is C16H18OS. The first-order valence-electron chi connectivity index (χ1n) is 6.28. The molecule has 2 aromatic rings. The van der Waals surface area contributed by atoms with E-state index in [1.807, 2.05) is 6.07 Å². The van der Waals surface area contributed by atoms with E-state index in [4.69, 9.17) is 4.74 Å². The molecule has 0 N–H and O–H groups in total. The van der Waals surface area contributed by atoms with Crippen molar-refractivity contribution < 1.29 is 4.74 Å². The highest BCUT2D eigenvalue weighted by atomic mass is 32.2. The summed E-state index contributed by atoms with van der Waals surface area (Å²) in [7, 11) is 0. The van der Waals surface area contributed by atoms with Gasteiger partial charge in [-0.2, -0.15) is 0 Å². The Hall–Kier alpha value is -1.25. The molecule has 2 rings (SSSR count). The molecule has 18 heavy (non-hydrogen) atoms. The molecule has 0 saturated carbocycles. The first-order chi connectivity index (χ1) is 8.88. The molecule has 1 nitrogen and oxygen atoms in total. The molecule has 0 aromatic heterocycles. The van der Waals surface area contributed by atoms with Crippen LogP contribution in [0.25, 0.3) is 0 Å². The summed E-state index contributed by atoms with van der Waals surface area (Å²) < 4.78 is 5.52. The van der Waals surface area contributed by atoms with Gasteiger partial charge in [0.15, 0.2) is 0 Å². The molecule has 94 valence electrons. The number of benzene rings is 2. The number of ether oxygens (including phenoxy) is 1. The van der Waals surface area contributed by atoms with Gasteiger partial charge in [-0.1, -0.05) is 49.0 Å². The Morgan fingerprint density at radius 3 is 2.22 bits per heavy atom. The van der Waals surface area contributed by atoms with Crippen molar-refractivity contribution in [3.8, 4) is 0 Å². The van der Waals surface area contributed by atoms with Crippen molar-refractivity contribution in [1.82, 2.24) is 0 Å². The monoisotopic (exact) mass is 258 g/mol. The maximum Gasteiger partial charge on any atom is 0.0716 e. The normalized spacial score (nSPS) is 10.5. The maximum absolute atomic E-state index is 5.52. The van der Waals surface area contributed by atoms with E-state index in [0.717, 1.165) is 13.0 Å². The highest BCUT2D eigenvalue weighted by Crippen LogP contribution is 2.27. The lowest BCUT2D eigenvalue weighted by atomic mass is 10.2. The van der Waals surface area contributed by atoms with Crippen LogP contribution in [0, 0.1) is 0 Å². The fourth-order valence-electron chi connectivity index (χ4n) is 1.61. The summed E-state index contributed by atoms with van der Waals surface area (Å²) in [4.78, 5) is 2.54. The van der Waals surface area contributed by atoms with Crippen LogP contribution in [0.15, 0.2) is 64.4 Å². The van der Waals surface area contributed by atoms with Gasteiger partial charge in [-0.05, 0) is 36.2 Å². The highest BCUT2D eigenvalue weighted by molar-refractivity contribution is 7.99. The van der Waals surface area contributed by atoms with Gasteiger partial charge in [-0.15, -0.1) is 0 Å². The molecule has 0 aliphatic heterocycles. The van der Waals surface area contributed by atoms with Gasteiger partial charge in [0.2, 0.25) is 0 Å². The maximum atomic E-state index is 5.52. The third-order valence-corrected chi connectivity index (χ3v) is 3.54. The van der Waals surface area contributed by atoms with Crippen LogP contribution in [0.3, 0.4) is 0 Å². The first kappa shape index (κ1) is 13.2. The first-order valence-corrected chi connectivity index (χ1v) is 7.09. The summed E-state index contributed by atoms with van der Waals surface area (Å²) >= 11 is 1.78. The quantitative estimate of drug-likeness (QED) is 0.691. The standard InChI is InChI=1S/C16H18OS/c1-2-12-17-13-14-8-10-16(11-9-14)18-15-6-4-3-5-7-15/h3-11H,2,12-13H2,1H3. The Balaban J connectivity index is 1.91. The fraction of sp³-hybridized carbons (Fsp3) is 0.250. The second-order valence-electron chi connectivity index (χ2n) is 4.11.